The third kappa shape index (κ3) is 6.85. The molecule has 2 rings (SSSR count). The standard InChI is InChI=1S/C19H27FN4S.HI/c1-21-19(24(4)12-11-17-6-5-13-25-17)22-14-18(23(2)3)15-7-9-16(20)10-8-15;/h5-10,13,18H,11-12,14H2,1-4H3,(H,21,22);1H. The van der Waals surface area contributed by atoms with Crippen LogP contribution in [0.4, 0.5) is 4.39 Å². The van der Waals surface area contributed by atoms with Crippen LogP contribution in [0.5, 0.6) is 0 Å². The van der Waals surface area contributed by atoms with Gasteiger partial charge in [0.25, 0.3) is 0 Å². The zero-order valence-electron chi connectivity index (χ0n) is 15.8. The number of thiophene rings is 1. The second kappa shape index (κ2) is 11.5. The van der Waals surface area contributed by atoms with E-state index in [0.717, 1.165) is 24.5 Å². The number of benzene rings is 1. The van der Waals surface area contributed by atoms with Gasteiger partial charge in [0.05, 0.1) is 6.04 Å². The minimum absolute atomic E-state index is 0. The zero-order chi connectivity index (χ0) is 18.2. The van der Waals surface area contributed by atoms with E-state index in [9.17, 15) is 4.39 Å². The SMILES string of the molecule is CN=C(NCC(c1ccc(F)cc1)N(C)C)N(C)CCc1cccs1.I. The van der Waals surface area contributed by atoms with Crippen LogP contribution in [0.15, 0.2) is 46.8 Å². The quantitative estimate of drug-likeness (QED) is 0.364. The molecule has 0 aliphatic carbocycles. The third-order valence-electron chi connectivity index (χ3n) is 4.18. The first-order chi connectivity index (χ1) is 12.0. The van der Waals surface area contributed by atoms with E-state index in [1.165, 1.54) is 17.0 Å². The van der Waals surface area contributed by atoms with Crippen molar-refractivity contribution < 1.29 is 4.39 Å². The van der Waals surface area contributed by atoms with E-state index in [4.69, 9.17) is 0 Å². The van der Waals surface area contributed by atoms with Crippen molar-refractivity contribution in [3.8, 4) is 0 Å². The highest BCUT2D eigenvalue weighted by Crippen LogP contribution is 2.18. The third-order valence-corrected chi connectivity index (χ3v) is 5.11. The summed E-state index contributed by atoms with van der Waals surface area (Å²) in [6.07, 6.45) is 1.00. The van der Waals surface area contributed by atoms with Crippen molar-refractivity contribution >= 4 is 41.3 Å². The molecule has 1 aromatic heterocycles. The second-order valence-corrected chi connectivity index (χ2v) is 7.24. The Balaban J connectivity index is 0.00000338. The average Bonchev–Trinajstić information content (AvgIpc) is 3.11. The summed E-state index contributed by atoms with van der Waals surface area (Å²) in [7, 11) is 7.90. The molecule has 26 heavy (non-hydrogen) atoms. The molecular weight excluding hydrogens is 462 g/mol. The van der Waals surface area contributed by atoms with Crippen LogP contribution in [-0.2, 0) is 6.42 Å². The first-order valence-corrected chi connectivity index (χ1v) is 9.25. The maximum absolute atomic E-state index is 13.2. The van der Waals surface area contributed by atoms with Gasteiger partial charge in [-0.1, -0.05) is 18.2 Å². The molecule has 7 heteroatoms. The summed E-state index contributed by atoms with van der Waals surface area (Å²) in [5, 5.41) is 5.54. The van der Waals surface area contributed by atoms with Gasteiger partial charge in [0.15, 0.2) is 5.96 Å². The summed E-state index contributed by atoms with van der Waals surface area (Å²) >= 11 is 1.78. The molecule has 0 spiro atoms. The van der Waals surface area contributed by atoms with Crippen LogP contribution < -0.4 is 5.32 Å². The summed E-state index contributed by atoms with van der Waals surface area (Å²) in [6, 6.07) is 11.1. The normalized spacial score (nSPS) is 12.6. The Morgan fingerprint density at radius 1 is 1.19 bits per heavy atom. The van der Waals surface area contributed by atoms with Gasteiger partial charge in [-0.3, -0.25) is 4.99 Å². The largest absolute Gasteiger partial charge is 0.354 e. The molecule has 0 saturated carbocycles. The molecule has 1 N–H and O–H groups in total. The summed E-state index contributed by atoms with van der Waals surface area (Å²) in [4.78, 5) is 10.0. The van der Waals surface area contributed by atoms with Gasteiger partial charge in [-0.2, -0.15) is 0 Å². The molecule has 4 nitrogen and oxygen atoms in total. The van der Waals surface area contributed by atoms with E-state index >= 15 is 0 Å². The van der Waals surface area contributed by atoms with Crippen molar-refractivity contribution in [2.45, 2.75) is 12.5 Å². The highest BCUT2D eigenvalue weighted by molar-refractivity contribution is 14.0. The van der Waals surface area contributed by atoms with Crippen molar-refractivity contribution in [1.29, 1.82) is 0 Å². The van der Waals surface area contributed by atoms with Crippen molar-refractivity contribution in [1.82, 2.24) is 15.1 Å². The number of rotatable bonds is 7. The Morgan fingerprint density at radius 2 is 1.88 bits per heavy atom. The monoisotopic (exact) mass is 490 g/mol. The Labute approximate surface area is 177 Å². The minimum Gasteiger partial charge on any atom is -0.354 e. The van der Waals surface area contributed by atoms with Crippen molar-refractivity contribution in [2.75, 3.05) is 41.3 Å². The fourth-order valence-corrected chi connectivity index (χ4v) is 3.39. The number of guanidine groups is 1. The Bertz CT molecular complexity index is 659. The molecule has 0 fully saturated rings. The number of hydrogen-bond donors (Lipinski definition) is 1. The molecule has 0 amide bonds. The molecule has 0 aliphatic heterocycles. The van der Waals surface area contributed by atoms with Crippen molar-refractivity contribution in [3.05, 3.63) is 58.0 Å². The molecule has 0 radical (unpaired) electrons. The lowest BCUT2D eigenvalue weighted by molar-refractivity contribution is 0.295. The summed E-state index contributed by atoms with van der Waals surface area (Å²) < 4.78 is 13.2. The summed E-state index contributed by atoms with van der Waals surface area (Å²) in [5.41, 5.74) is 1.08. The van der Waals surface area contributed by atoms with Gasteiger partial charge in [-0.05, 0) is 49.7 Å². The molecule has 1 atom stereocenters. The maximum Gasteiger partial charge on any atom is 0.193 e. The lowest BCUT2D eigenvalue weighted by atomic mass is 10.1. The topological polar surface area (TPSA) is 30.9 Å². The van der Waals surface area contributed by atoms with Crippen molar-refractivity contribution in [2.24, 2.45) is 4.99 Å². The molecular formula is C19H28FIN4S. The predicted octanol–water partition coefficient (Wildman–Crippen LogP) is 3.86. The molecule has 0 bridgehead atoms. The van der Waals surface area contributed by atoms with Crippen molar-refractivity contribution in [3.63, 3.8) is 0 Å². The van der Waals surface area contributed by atoms with Gasteiger partial charge < -0.3 is 15.1 Å². The van der Waals surface area contributed by atoms with E-state index < -0.39 is 0 Å². The van der Waals surface area contributed by atoms with Gasteiger partial charge >= 0.3 is 0 Å². The highest BCUT2D eigenvalue weighted by atomic mass is 127. The highest BCUT2D eigenvalue weighted by Gasteiger charge is 2.16. The Hall–Kier alpha value is -1.19. The van der Waals surface area contributed by atoms with E-state index in [0.29, 0.717) is 6.54 Å². The first-order valence-electron chi connectivity index (χ1n) is 8.37. The number of halogens is 2. The van der Waals surface area contributed by atoms with Gasteiger partial charge in [0, 0.05) is 32.1 Å². The predicted molar refractivity (Wildman–Crippen MR) is 120 cm³/mol. The van der Waals surface area contributed by atoms with Crippen LogP contribution in [0.2, 0.25) is 0 Å². The van der Waals surface area contributed by atoms with Crippen LogP contribution in [-0.4, -0.2) is 57.0 Å². The second-order valence-electron chi connectivity index (χ2n) is 6.21. The lowest BCUT2D eigenvalue weighted by Gasteiger charge is -2.28. The van der Waals surface area contributed by atoms with Crippen LogP contribution in [0.1, 0.15) is 16.5 Å². The lowest BCUT2D eigenvalue weighted by Crippen LogP contribution is -2.43. The maximum atomic E-state index is 13.2. The van der Waals surface area contributed by atoms with Gasteiger partial charge in [0.1, 0.15) is 5.82 Å². The molecule has 1 heterocycles. The van der Waals surface area contributed by atoms with E-state index in [1.54, 1.807) is 18.4 Å². The number of nitrogens with zero attached hydrogens (tertiary/aromatic N) is 3. The Kier molecular flexibility index (Phi) is 10.1. The average molecular weight is 490 g/mol. The van der Waals surface area contributed by atoms with Crippen LogP contribution in [0.3, 0.4) is 0 Å². The smallest absolute Gasteiger partial charge is 0.193 e. The van der Waals surface area contributed by atoms with Crippen LogP contribution >= 0.6 is 35.3 Å². The summed E-state index contributed by atoms with van der Waals surface area (Å²) in [5.74, 6) is 0.656. The number of hydrogen-bond acceptors (Lipinski definition) is 3. The first kappa shape index (κ1) is 22.9. The molecule has 0 aliphatic rings. The number of aliphatic imine (C=N–C) groups is 1. The summed E-state index contributed by atoms with van der Waals surface area (Å²) in [6.45, 7) is 1.61. The fraction of sp³-hybridized carbons (Fsp3) is 0.421. The molecule has 1 unspecified atom stereocenters. The van der Waals surface area contributed by atoms with Gasteiger partial charge in [0.2, 0.25) is 0 Å². The molecule has 2 aromatic rings. The number of likely N-dealkylation sites (N-methyl/N-ethyl adjacent to an activating group) is 2. The van der Waals surface area contributed by atoms with Gasteiger partial charge in [-0.15, -0.1) is 35.3 Å². The minimum atomic E-state index is -0.210. The number of nitrogens with one attached hydrogen (secondary N) is 1. The fourth-order valence-electron chi connectivity index (χ4n) is 2.69. The van der Waals surface area contributed by atoms with E-state index in [2.05, 4.69) is 37.6 Å². The molecule has 144 valence electrons. The van der Waals surface area contributed by atoms with Crippen LogP contribution in [0.25, 0.3) is 0 Å². The molecule has 0 saturated heterocycles. The van der Waals surface area contributed by atoms with E-state index in [1.807, 2.05) is 33.3 Å². The molecule has 1 aromatic carbocycles. The Morgan fingerprint density at radius 3 is 2.42 bits per heavy atom. The van der Waals surface area contributed by atoms with E-state index in [-0.39, 0.29) is 35.8 Å². The van der Waals surface area contributed by atoms with Crippen LogP contribution in [0, 0.1) is 5.82 Å². The van der Waals surface area contributed by atoms with Gasteiger partial charge in [-0.25, -0.2) is 4.39 Å². The zero-order valence-corrected chi connectivity index (χ0v) is 18.9.